The first-order chi connectivity index (χ1) is 9.63. The first-order valence-corrected chi connectivity index (χ1v) is 7.36. The Morgan fingerprint density at radius 1 is 1.40 bits per heavy atom. The standard InChI is InChI=1S/C15H10BrNO2S/c1-19-13-4-2-10(3-5-13)15(18)11(8-17)6-14-7-12(16)9-20-14/h2-7,9H,1H3/b11-6+. The van der Waals surface area contributed by atoms with Crippen molar-refractivity contribution in [3.05, 3.63) is 56.2 Å². The van der Waals surface area contributed by atoms with Gasteiger partial charge in [0.2, 0.25) is 5.78 Å². The molecule has 0 unspecified atom stereocenters. The molecule has 2 rings (SSSR count). The summed E-state index contributed by atoms with van der Waals surface area (Å²) in [4.78, 5) is 13.1. The average Bonchev–Trinajstić information content (AvgIpc) is 2.89. The number of allylic oxidation sites excluding steroid dienone is 1. The van der Waals surface area contributed by atoms with Crippen LogP contribution in [-0.2, 0) is 0 Å². The lowest BCUT2D eigenvalue weighted by atomic mass is 10.0. The van der Waals surface area contributed by atoms with Crippen molar-refractivity contribution >= 4 is 39.1 Å². The Bertz CT molecular complexity index is 695. The van der Waals surface area contributed by atoms with Gasteiger partial charge in [-0.2, -0.15) is 5.26 Å². The second kappa shape index (κ2) is 6.51. The highest BCUT2D eigenvalue weighted by molar-refractivity contribution is 9.10. The molecule has 1 aromatic heterocycles. The van der Waals surface area contributed by atoms with E-state index in [1.165, 1.54) is 11.3 Å². The molecule has 0 saturated heterocycles. The Balaban J connectivity index is 2.29. The van der Waals surface area contributed by atoms with E-state index in [4.69, 9.17) is 10.00 Å². The number of nitrogens with zero attached hydrogens (tertiary/aromatic N) is 1. The van der Waals surface area contributed by atoms with Crippen LogP contribution < -0.4 is 4.74 Å². The maximum Gasteiger partial charge on any atom is 0.203 e. The SMILES string of the molecule is COc1ccc(C(=O)/C(C#N)=C/c2cc(Br)cs2)cc1. The largest absolute Gasteiger partial charge is 0.497 e. The molecule has 0 radical (unpaired) electrons. The minimum atomic E-state index is -0.292. The molecule has 0 N–H and O–H groups in total. The van der Waals surface area contributed by atoms with Gasteiger partial charge in [0, 0.05) is 20.3 Å². The molecular weight excluding hydrogens is 338 g/mol. The fourth-order valence-electron chi connectivity index (χ4n) is 1.59. The van der Waals surface area contributed by atoms with E-state index in [2.05, 4.69) is 15.9 Å². The molecule has 0 aliphatic carbocycles. The third-order valence-corrected chi connectivity index (χ3v) is 4.23. The summed E-state index contributed by atoms with van der Waals surface area (Å²) >= 11 is 4.81. The Hall–Kier alpha value is -1.90. The lowest BCUT2D eigenvalue weighted by Gasteiger charge is -2.01. The van der Waals surface area contributed by atoms with E-state index < -0.39 is 0 Å². The molecule has 0 atom stereocenters. The predicted octanol–water partition coefficient (Wildman–Crippen LogP) is 4.31. The molecule has 0 amide bonds. The predicted molar refractivity (Wildman–Crippen MR) is 82.9 cm³/mol. The fraction of sp³-hybridized carbons (Fsp3) is 0.0667. The molecule has 100 valence electrons. The van der Waals surface area contributed by atoms with Crippen molar-refractivity contribution in [2.75, 3.05) is 7.11 Å². The smallest absolute Gasteiger partial charge is 0.203 e. The molecule has 0 aliphatic heterocycles. The Morgan fingerprint density at radius 3 is 2.60 bits per heavy atom. The number of hydrogen-bond donors (Lipinski definition) is 0. The highest BCUT2D eigenvalue weighted by Crippen LogP contribution is 2.23. The van der Waals surface area contributed by atoms with E-state index in [-0.39, 0.29) is 11.4 Å². The normalized spacial score (nSPS) is 10.9. The van der Waals surface area contributed by atoms with Crippen molar-refractivity contribution < 1.29 is 9.53 Å². The third-order valence-electron chi connectivity index (χ3n) is 2.59. The van der Waals surface area contributed by atoms with Crippen LogP contribution in [0.2, 0.25) is 0 Å². The van der Waals surface area contributed by atoms with Crippen LogP contribution in [0.3, 0.4) is 0 Å². The first-order valence-electron chi connectivity index (χ1n) is 5.68. The number of benzene rings is 1. The molecule has 2 aromatic rings. The number of carbonyl (C=O) groups excluding carboxylic acids is 1. The summed E-state index contributed by atoms with van der Waals surface area (Å²) in [6.45, 7) is 0. The van der Waals surface area contributed by atoms with Gasteiger partial charge in [0.1, 0.15) is 17.4 Å². The van der Waals surface area contributed by atoms with Crippen molar-refractivity contribution in [1.82, 2.24) is 0 Å². The minimum Gasteiger partial charge on any atom is -0.497 e. The summed E-state index contributed by atoms with van der Waals surface area (Å²) in [5.74, 6) is 0.380. The van der Waals surface area contributed by atoms with Crippen molar-refractivity contribution in [3.8, 4) is 11.8 Å². The van der Waals surface area contributed by atoms with Crippen molar-refractivity contribution in [2.45, 2.75) is 0 Å². The van der Waals surface area contributed by atoms with Gasteiger partial charge >= 0.3 is 0 Å². The van der Waals surface area contributed by atoms with Gasteiger partial charge in [-0.05, 0) is 52.3 Å². The van der Waals surface area contributed by atoms with E-state index in [0.29, 0.717) is 11.3 Å². The summed E-state index contributed by atoms with van der Waals surface area (Å²) in [5.41, 5.74) is 0.582. The maximum absolute atomic E-state index is 12.2. The van der Waals surface area contributed by atoms with Crippen molar-refractivity contribution in [3.63, 3.8) is 0 Å². The lowest BCUT2D eigenvalue weighted by molar-refractivity contribution is 0.104. The molecule has 0 fully saturated rings. The van der Waals surface area contributed by atoms with Crippen LogP contribution in [0.15, 0.2) is 45.8 Å². The van der Waals surface area contributed by atoms with E-state index in [0.717, 1.165) is 9.35 Å². The summed E-state index contributed by atoms with van der Waals surface area (Å²) in [6, 6.07) is 10.5. The van der Waals surface area contributed by atoms with Crippen LogP contribution in [0.4, 0.5) is 0 Å². The number of ether oxygens (including phenoxy) is 1. The second-order valence-corrected chi connectivity index (χ2v) is 5.75. The second-order valence-electron chi connectivity index (χ2n) is 3.89. The van der Waals surface area contributed by atoms with Gasteiger partial charge in [-0.3, -0.25) is 4.79 Å². The number of ketones is 1. The zero-order valence-electron chi connectivity index (χ0n) is 10.6. The Morgan fingerprint density at radius 2 is 2.10 bits per heavy atom. The summed E-state index contributed by atoms with van der Waals surface area (Å²) < 4.78 is 5.97. The van der Waals surface area contributed by atoms with E-state index in [1.807, 2.05) is 17.5 Å². The molecule has 1 heterocycles. The molecule has 0 saturated carbocycles. The number of carbonyl (C=O) groups is 1. The monoisotopic (exact) mass is 347 g/mol. The zero-order valence-corrected chi connectivity index (χ0v) is 13.0. The number of hydrogen-bond acceptors (Lipinski definition) is 4. The highest BCUT2D eigenvalue weighted by Gasteiger charge is 2.12. The third kappa shape index (κ3) is 3.35. The molecular formula is C15H10BrNO2S. The number of halogens is 1. The van der Waals surface area contributed by atoms with E-state index in [1.54, 1.807) is 37.5 Å². The quantitative estimate of drug-likeness (QED) is 0.470. The Kier molecular flexibility index (Phi) is 4.72. The number of Topliss-reactive ketones (excluding diaryl/α,β-unsaturated/α-hetero) is 1. The summed E-state index contributed by atoms with van der Waals surface area (Å²) in [7, 11) is 1.56. The molecule has 5 heteroatoms. The minimum absolute atomic E-state index is 0.115. The molecule has 0 spiro atoms. The van der Waals surface area contributed by atoms with Crippen LogP contribution in [-0.4, -0.2) is 12.9 Å². The van der Waals surface area contributed by atoms with Crippen LogP contribution in [0.5, 0.6) is 5.75 Å². The average molecular weight is 348 g/mol. The van der Waals surface area contributed by atoms with Crippen LogP contribution >= 0.6 is 27.3 Å². The molecule has 0 aliphatic rings. The van der Waals surface area contributed by atoms with Gasteiger partial charge in [-0.25, -0.2) is 0 Å². The van der Waals surface area contributed by atoms with Crippen LogP contribution in [0.1, 0.15) is 15.2 Å². The molecule has 3 nitrogen and oxygen atoms in total. The number of nitriles is 1. The van der Waals surface area contributed by atoms with Crippen LogP contribution in [0.25, 0.3) is 6.08 Å². The van der Waals surface area contributed by atoms with E-state index >= 15 is 0 Å². The topological polar surface area (TPSA) is 50.1 Å². The highest BCUT2D eigenvalue weighted by atomic mass is 79.9. The van der Waals surface area contributed by atoms with Gasteiger partial charge in [-0.1, -0.05) is 0 Å². The van der Waals surface area contributed by atoms with Crippen molar-refractivity contribution in [2.24, 2.45) is 0 Å². The van der Waals surface area contributed by atoms with Gasteiger partial charge in [0.25, 0.3) is 0 Å². The van der Waals surface area contributed by atoms with Gasteiger partial charge < -0.3 is 4.74 Å². The maximum atomic E-state index is 12.2. The first kappa shape index (κ1) is 14.5. The zero-order chi connectivity index (χ0) is 14.5. The number of methoxy groups -OCH3 is 1. The molecule has 0 bridgehead atoms. The van der Waals surface area contributed by atoms with Gasteiger partial charge in [-0.15, -0.1) is 11.3 Å². The molecule has 20 heavy (non-hydrogen) atoms. The molecule has 1 aromatic carbocycles. The number of rotatable bonds is 4. The Labute approximate surface area is 129 Å². The van der Waals surface area contributed by atoms with Crippen molar-refractivity contribution in [1.29, 1.82) is 5.26 Å². The summed E-state index contributed by atoms with van der Waals surface area (Å²) in [6.07, 6.45) is 1.60. The van der Waals surface area contributed by atoms with Gasteiger partial charge in [0.05, 0.1) is 7.11 Å². The number of thiophene rings is 1. The fourth-order valence-corrected chi connectivity index (χ4v) is 2.97. The van der Waals surface area contributed by atoms with Crippen LogP contribution in [0, 0.1) is 11.3 Å². The summed E-state index contributed by atoms with van der Waals surface area (Å²) in [5, 5.41) is 11.1. The van der Waals surface area contributed by atoms with E-state index in [9.17, 15) is 4.79 Å². The van der Waals surface area contributed by atoms with Gasteiger partial charge in [0.15, 0.2) is 0 Å². The lowest BCUT2D eigenvalue weighted by Crippen LogP contribution is -2.01.